The number of fused-ring (bicyclic) bond motifs is 1. The van der Waals surface area contributed by atoms with Crippen LogP contribution >= 0.6 is 15.9 Å². The monoisotopic (exact) mass is 549 g/mol. The van der Waals surface area contributed by atoms with Crippen LogP contribution in [0.3, 0.4) is 0 Å². The van der Waals surface area contributed by atoms with Crippen molar-refractivity contribution in [3.63, 3.8) is 0 Å². The Balaban J connectivity index is 1.81. The van der Waals surface area contributed by atoms with Crippen molar-refractivity contribution in [2.24, 2.45) is 4.40 Å². The summed E-state index contributed by atoms with van der Waals surface area (Å²) in [6.07, 6.45) is 0. The summed E-state index contributed by atoms with van der Waals surface area (Å²) in [5, 5.41) is 0. The molecule has 1 amide bonds. The molecular formula is C21H16BrN3O6S2. The Morgan fingerprint density at radius 1 is 1.00 bits per heavy atom. The first kappa shape index (κ1) is 23.0. The Kier molecular flexibility index (Phi) is 5.99. The van der Waals surface area contributed by atoms with Crippen LogP contribution in [0, 0.1) is 0 Å². The molecular weight excluding hydrogens is 534 g/mol. The van der Waals surface area contributed by atoms with Crippen LogP contribution in [0.2, 0.25) is 0 Å². The minimum atomic E-state index is -4.48. The molecule has 3 aromatic carbocycles. The summed E-state index contributed by atoms with van der Waals surface area (Å²) >= 11 is 3.27. The minimum Gasteiger partial charge on any atom is -0.497 e. The van der Waals surface area contributed by atoms with Crippen LogP contribution in [-0.2, 0) is 20.0 Å². The van der Waals surface area contributed by atoms with Gasteiger partial charge in [-0.05, 0) is 60.7 Å². The van der Waals surface area contributed by atoms with Crippen molar-refractivity contribution in [1.29, 1.82) is 0 Å². The maximum absolute atomic E-state index is 13.5. The van der Waals surface area contributed by atoms with E-state index in [0.717, 1.165) is 0 Å². The van der Waals surface area contributed by atoms with E-state index in [2.05, 4.69) is 25.8 Å². The zero-order valence-corrected chi connectivity index (χ0v) is 20.2. The molecule has 1 N–H and O–H groups in total. The van der Waals surface area contributed by atoms with Crippen molar-refractivity contribution >= 4 is 47.7 Å². The number of carbonyl (C=O) groups is 1. The highest BCUT2D eigenvalue weighted by Gasteiger charge is 2.36. The number of rotatable bonds is 4. The molecule has 0 radical (unpaired) electrons. The molecule has 0 unspecified atom stereocenters. The maximum Gasteiger partial charge on any atom is 0.286 e. The Morgan fingerprint density at radius 2 is 1.64 bits per heavy atom. The molecule has 3 aromatic rings. The number of benzene rings is 3. The number of hydrazine groups is 1. The molecule has 1 aliphatic rings. The number of amidine groups is 1. The molecule has 4 rings (SSSR count). The highest BCUT2D eigenvalue weighted by molar-refractivity contribution is 9.10. The van der Waals surface area contributed by atoms with Gasteiger partial charge in [-0.2, -0.15) is 16.8 Å². The zero-order valence-electron chi connectivity index (χ0n) is 17.0. The number of ether oxygens (including phenoxy) is 1. The van der Waals surface area contributed by atoms with E-state index in [-0.39, 0.29) is 26.8 Å². The molecule has 0 spiro atoms. The van der Waals surface area contributed by atoms with E-state index in [0.29, 0.717) is 14.6 Å². The average molecular weight is 550 g/mol. The topological polar surface area (TPSA) is 122 Å². The summed E-state index contributed by atoms with van der Waals surface area (Å²) in [5.74, 6) is -0.788. The summed E-state index contributed by atoms with van der Waals surface area (Å²) in [7, 11) is -7.09. The van der Waals surface area contributed by atoms with Gasteiger partial charge in [-0.3, -0.25) is 10.2 Å². The number of sulfonamides is 2. The van der Waals surface area contributed by atoms with Crippen molar-refractivity contribution in [1.82, 2.24) is 9.84 Å². The van der Waals surface area contributed by atoms with Crippen LogP contribution in [-0.4, -0.2) is 40.1 Å². The number of hydrogen-bond acceptors (Lipinski definition) is 7. The van der Waals surface area contributed by atoms with E-state index in [1.54, 1.807) is 18.2 Å². The molecule has 0 aromatic heterocycles. The van der Waals surface area contributed by atoms with Crippen LogP contribution in [0.15, 0.2) is 91.5 Å². The summed E-state index contributed by atoms with van der Waals surface area (Å²) < 4.78 is 61.5. The van der Waals surface area contributed by atoms with Gasteiger partial charge in [-0.1, -0.05) is 28.1 Å². The fraction of sp³-hybridized carbons (Fsp3) is 0.0476. The van der Waals surface area contributed by atoms with Gasteiger partial charge in [0.05, 0.1) is 12.0 Å². The molecule has 0 bridgehead atoms. The lowest BCUT2D eigenvalue weighted by molar-refractivity contribution is 0.0838. The fourth-order valence-electron chi connectivity index (χ4n) is 3.07. The second kappa shape index (κ2) is 8.61. The van der Waals surface area contributed by atoms with E-state index in [9.17, 15) is 21.6 Å². The first-order chi connectivity index (χ1) is 15.6. The number of hydrogen-bond donors (Lipinski definition) is 1. The SMILES string of the molecule is COc1ccc(S(=O)(=O)N(NC2=NS(=O)(=O)c3ccccc32)C(=O)c2ccc(Br)cc2)cc1. The third-order valence-electron chi connectivity index (χ3n) is 4.71. The van der Waals surface area contributed by atoms with Gasteiger partial charge in [0.25, 0.3) is 26.0 Å². The van der Waals surface area contributed by atoms with Crippen molar-refractivity contribution in [2.75, 3.05) is 7.11 Å². The molecule has 1 heterocycles. The average Bonchev–Trinajstić information content (AvgIpc) is 3.07. The van der Waals surface area contributed by atoms with Gasteiger partial charge in [0.2, 0.25) is 0 Å². The van der Waals surface area contributed by atoms with Crippen LogP contribution < -0.4 is 10.2 Å². The Bertz CT molecular complexity index is 1470. The molecule has 0 aliphatic carbocycles. The lowest BCUT2D eigenvalue weighted by atomic mass is 10.2. The summed E-state index contributed by atoms with van der Waals surface area (Å²) in [4.78, 5) is 13.0. The van der Waals surface area contributed by atoms with Gasteiger partial charge in [-0.25, -0.2) is 0 Å². The number of nitrogens with one attached hydrogen (secondary N) is 1. The number of nitrogens with zero attached hydrogens (tertiary/aromatic N) is 2. The molecule has 170 valence electrons. The molecule has 0 atom stereocenters. The Morgan fingerprint density at radius 3 is 2.27 bits per heavy atom. The fourth-order valence-corrected chi connectivity index (χ4v) is 5.72. The van der Waals surface area contributed by atoms with Crippen LogP contribution in [0.1, 0.15) is 15.9 Å². The van der Waals surface area contributed by atoms with Gasteiger partial charge in [0.1, 0.15) is 10.6 Å². The van der Waals surface area contributed by atoms with E-state index < -0.39 is 26.0 Å². The highest BCUT2D eigenvalue weighted by atomic mass is 79.9. The van der Waals surface area contributed by atoms with Crippen LogP contribution in [0.5, 0.6) is 5.75 Å². The molecule has 33 heavy (non-hydrogen) atoms. The van der Waals surface area contributed by atoms with Crippen LogP contribution in [0.25, 0.3) is 0 Å². The van der Waals surface area contributed by atoms with Gasteiger partial charge in [-0.15, -0.1) is 8.81 Å². The van der Waals surface area contributed by atoms with Crippen molar-refractivity contribution in [2.45, 2.75) is 9.79 Å². The highest BCUT2D eigenvalue weighted by Crippen LogP contribution is 2.27. The second-order valence-electron chi connectivity index (χ2n) is 6.78. The van der Waals surface area contributed by atoms with E-state index in [1.165, 1.54) is 61.7 Å². The number of carbonyl (C=O) groups excluding carboxylic acids is 1. The van der Waals surface area contributed by atoms with Gasteiger partial charge >= 0.3 is 0 Å². The van der Waals surface area contributed by atoms with Gasteiger partial charge in [0, 0.05) is 15.6 Å². The van der Waals surface area contributed by atoms with Crippen molar-refractivity contribution in [3.8, 4) is 5.75 Å². The number of methoxy groups -OCH3 is 1. The summed E-state index contributed by atoms with van der Waals surface area (Å²) in [6, 6.07) is 17.4. The normalized spacial score (nSPS) is 14.2. The minimum absolute atomic E-state index is 0.0533. The largest absolute Gasteiger partial charge is 0.497 e. The first-order valence-corrected chi connectivity index (χ1v) is 13.0. The maximum atomic E-state index is 13.5. The quantitative estimate of drug-likeness (QED) is 0.496. The third-order valence-corrected chi connectivity index (χ3v) is 8.18. The Labute approximate surface area is 198 Å². The third kappa shape index (κ3) is 4.36. The van der Waals surface area contributed by atoms with Crippen molar-refractivity contribution in [3.05, 3.63) is 88.4 Å². The second-order valence-corrected chi connectivity index (χ2v) is 11.1. The predicted molar refractivity (Wildman–Crippen MR) is 124 cm³/mol. The summed E-state index contributed by atoms with van der Waals surface area (Å²) in [5.41, 5.74) is 2.63. The van der Waals surface area contributed by atoms with E-state index in [1.807, 2.05) is 0 Å². The van der Waals surface area contributed by atoms with E-state index >= 15 is 0 Å². The predicted octanol–water partition coefficient (Wildman–Crippen LogP) is 2.94. The number of amides is 1. The van der Waals surface area contributed by atoms with Crippen LogP contribution in [0.4, 0.5) is 0 Å². The molecule has 0 saturated carbocycles. The summed E-state index contributed by atoms with van der Waals surface area (Å²) in [6.45, 7) is 0. The van der Waals surface area contributed by atoms with Crippen molar-refractivity contribution < 1.29 is 26.4 Å². The number of halogens is 1. The lowest BCUT2D eigenvalue weighted by Gasteiger charge is -2.24. The van der Waals surface area contributed by atoms with Gasteiger partial charge in [0.15, 0.2) is 5.84 Å². The lowest BCUT2D eigenvalue weighted by Crippen LogP contribution is -2.49. The molecule has 12 heteroatoms. The standard InChI is InChI=1S/C21H16BrN3O6S2/c1-31-16-10-12-17(13-11-16)33(29,30)25(21(26)14-6-8-15(22)9-7-14)23-20-18-4-2-3-5-19(18)32(27,28)24-20/h2-13H,1H3,(H,23,24). The molecule has 1 aliphatic heterocycles. The van der Waals surface area contributed by atoms with E-state index in [4.69, 9.17) is 4.74 Å². The zero-order chi connectivity index (χ0) is 23.8. The molecule has 9 nitrogen and oxygen atoms in total. The molecule has 0 saturated heterocycles. The van der Waals surface area contributed by atoms with Gasteiger partial charge < -0.3 is 4.74 Å². The smallest absolute Gasteiger partial charge is 0.286 e. The Hall–Kier alpha value is -3.22. The molecule has 0 fully saturated rings. The first-order valence-electron chi connectivity index (χ1n) is 9.34.